The largest absolute Gasteiger partial charge is 0.346 e. The maximum Gasteiger partial charge on any atom is 0.316 e. The fourth-order valence-corrected chi connectivity index (χ4v) is 4.56. The molecule has 2 heterocycles. The lowest BCUT2D eigenvalue weighted by molar-refractivity contribution is -0.650. The van der Waals surface area contributed by atoms with Gasteiger partial charge in [0, 0.05) is 15.8 Å². The van der Waals surface area contributed by atoms with Crippen molar-refractivity contribution in [3.05, 3.63) is 64.6 Å². The molecule has 3 nitrogen and oxygen atoms in total. The third-order valence-electron chi connectivity index (χ3n) is 4.21. The predicted molar refractivity (Wildman–Crippen MR) is 94.4 cm³/mol. The lowest BCUT2D eigenvalue weighted by Crippen LogP contribution is -2.41. The fourth-order valence-electron chi connectivity index (χ4n) is 3.12. The zero-order valence-electron chi connectivity index (χ0n) is 11.9. The number of thioether (sulfide) groups is 1. The number of rotatable bonds is 2. The van der Waals surface area contributed by atoms with Crippen LogP contribution in [0.5, 0.6) is 0 Å². The first-order valence-corrected chi connectivity index (χ1v) is 9.05. The van der Waals surface area contributed by atoms with E-state index in [1.54, 1.807) is 0 Å². The second-order valence-electron chi connectivity index (χ2n) is 5.53. The van der Waals surface area contributed by atoms with Crippen LogP contribution < -0.4 is 4.90 Å². The molecule has 0 fully saturated rings. The van der Waals surface area contributed by atoms with Gasteiger partial charge in [-0.2, -0.15) is 0 Å². The Balaban J connectivity index is 1.78. The minimum absolute atomic E-state index is 0.557. The van der Waals surface area contributed by atoms with E-state index in [2.05, 4.69) is 37.5 Å². The summed E-state index contributed by atoms with van der Waals surface area (Å²) in [5.74, 6) is 1.01. The van der Waals surface area contributed by atoms with E-state index in [0.29, 0.717) is 6.54 Å². The smallest absolute Gasteiger partial charge is 0.316 e. The Morgan fingerprint density at radius 3 is 2.55 bits per heavy atom. The van der Waals surface area contributed by atoms with Crippen LogP contribution in [-0.4, -0.2) is 33.7 Å². The highest BCUT2D eigenvalue weighted by molar-refractivity contribution is 9.10. The molecule has 2 aromatic rings. The maximum atomic E-state index is 11.4. The van der Waals surface area contributed by atoms with Crippen molar-refractivity contribution in [3.63, 3.8) is 0 Å². The van der Waals surface area contributed by atoms with Gasteiger partial charge in [0.25, 0.3) is 5.72 Å². The molecule has 0 spiro atoms. The van der Waals surface area contributed by atoms with Gasteiger partial charge in [-0.3, -0.25) is 0 Å². The molecule has 2 aliphatic heterocycles. The molecule has 5 heteroatoms. The Morgan fingerprint density at radius 2 is 1.82 bits per heavy atom. The van der Waals surface area contributed by atoms with E-state index in [4.69, 9.17) is 0 Å². The molecule has 0 saturated carbocycles. The summed E-state index contributed by atoms with van der Waals surface area (Å²) < 4.78 is 3.16. The molecule has 1 N–H and O–H groups in total. The van der Waals surface area contributed by atoms with E-state index in [0.717, 1.165) is 33.2 Å². The number of para-hydroxylation sites is 1. The number of aliphatic hydroxyl groups is 1. The second-order valence-corrected chi connectivity index (χ2v) is 7.51. The highest BCUT2D eigenvalue weighted by atomic mass is 79.9. The number of anilines is 1. The number of benzene rings is 2. The van der Waals surface area contributed by atoms with Crippen molar-refractivity contribution in [1.82, 2.24) is 0 Å². The minimum Gasteiger partial charge on any atom is -0.346 e. The van der Waals surface area contributed by atoms with Crippen LogP contribution in [-0.2, 0) is 5.72 Å². The molecular weight excluding hydrogens is 360 g/mol. The van der Waals surface area contributed by atoms with Gasteiger partial charge in [-0.15, -0.1) is 0 Å². The average Bonchev–Trinajstić information content (AvgIpc) is 3.13. The summed E-state index contributed by atoms with van der Waals surface area (Å²) in [6.45, 7) is 1.43. The number of amidine groups is 1. The van der Waals surface area contributed by atoms with Gasteiger partial charge in [0.15, 0.2) is 6.54 Å². The van der Waals surface area contributed by atoms with Crippen LogP contribution >= 0.6 is 27.7 Å². The molecule has 0 aliphatic carbocycles. The number of nitrogens with zero attached hydrogens (tertiary/aromatic N) is 2. The van der Waals surface area contributed by atoms with Gasteiger partial charge >= 0.3 is 5.17 Å². The highest BCUT2D eigenvalue weighted by Crippen LogP contribution is 2.38. The predicted octanol–water partition coefficient (Wildman–Crippen LogP) is 3.23. The van der Waals surface area contributed by atoms with Crippen LogP contribution in [0.25, 0.3) is 0 Å². The molecule has 0 radical (unpaired) electrons. The molecule has 0 amide bonds. The zero-order chi connectivity index (χ0) is 15.2. The summed E-state index contributed by atoms with van der Waals surface area (Å²) in [5, 5.41) is 12.5. The van der Waals surface area contributed by atoms with Gasteiger partial charge in [0.05, 0.1) is 6.54 Å². The van der Waals surface area contributed by atoms with E-state index in [9.17, 15) is 5.11 Å². The van der Waals surface area contributed by atoms with Crippen molar-refractivity contribution in [2.24, 2.45) is 0 Å². The summed E-state index contributed by atoms with van der Waals surface area (Å²) in [6, 6.07) is 18.3. The van der Waals surface area contributed by atoms with Gasteiger partial charge in [-0.1, -0.05) is 46.3 Å². The lowest BCUT2D eigenvalue weighted by Gasteiger charge is -2.23. The Morgan fingerprint density at radius 1 is 1.09 bits per heavy atom. The monoisotopic (exact) mass is 375 g/mol. The molecular formula is C17H16BrN2OS+. The van der Waals surface area contributed by atoms with Crippen LogP contribution in [0.3, 0.4) is 0 Å². The van der Waals surface area contributed by atoms with Gasteiger partial charge in [0.2, 0.25) is 0 Å². The van der Waals surface area contributed by atoms with Crippen LogP contribution in [0.1, 0.15) is 5.56 Å². The van der Waals surface area contributed by atoms with Crippen molar-refractivity contribution in [3.8, 4) is 0 Å². The van der Waals surface area contributed by atoms with E-state index in [-0.39, 0.29) is 0 Å². The van der Waals surface area contributed by atoms with Gasteiger partial charge < -0.3 is 5.11 Å². The summed E-state index contributed by atoms with van der Waals surface area (Å²) in [4.78, 5) is 2.22. The Labute approximate surface area is 142 Å². The first kappa shape index (κ1) is 14.3. The summed E-state index contributed by atoms with van der Waals surface area (Å²) in [5.41, 5.74) is 1.11. The standard InChI is InChI=1S/C17H16BrN2OS/c18-14-8-6-13(7-9-14)17(21)12-19(15-4-2-1-3-5-15)16-20(17)10-11-22-16/h1-9,21H,10-12H2/q+1/t17-/m0/s1. The third-order valence-corrected chi connectivity index (χ3v) is 5.82. The molecule has 0 bridgehead atoms. The van der Waals surface area contributed by atoms with E-state index >= 15 is 0 Å². The Hall–Kier alpha value is -1.30. The Bertz CT molecular complexity index is 732. The second kappa shape index (κ2) is 5.41. The van der Waals surface area contributed by atoms with Crippen LogP contribution in [0, 0.1) is 0 Å². The maximum absolute atomic E-state index is 11.4. The number of halogens is 1. The fraction of sp³-hybridized carbons (Fsp3) is 0.235. The molecule has 0 unspecified atom stereocenters. The van der Waals surface area contributed by atoms with E-state index in [1.807, 2.05) is 54.2 Å². The van der Waals surface area contributed by atoms with Crippen molar-refractivity contribution < 1.29 is 9.68 Å². The van der Waals surface area contributed by atoms with Gasteiger partial charge in [-0.05, 0) is 36.0 Å². The molecule has 1 atom stereocenters. The summed E-state index contributed by atoms with van der Waals surface area (Å²) >= 11 is 5.28. The SMILES string of the molecule is O[C@]1(c2ccc(Br)cc2)CN(c2ccccc2)C2=[N+]1CCS2. The van der Waals surface area contributed by atoms with Crippen molar-refractivity contribution in [1.29, 1.82) is 0 Å². The molecule has 0 saturated heterocycles. The topological polar surface area (TPSA) is 26.5 Å². The number of hydrogen-bond donors (Lipinski definition) is 1. The summed E-state index contributed by atoms with van der Waals surface area (Å²) in [6.07, 6.45) is 0. The number of hydrogen-bond acceptors (Lipinski definition) is 3. The van der Waals surface area contributed by atoms with E-state index < -0.39 is 5.72 Å². The minimum atomic E-state index is -0.963. The first-order chi connectivity index (χ1) is 10.7. The van der Waals surface area contributed by atoms with Gasteiger partial charge in [0.1, 0.15) is 5.69 Å². The first-order valence-electron chi connectivity index (χ1n) is 7.27. The molecule has 4 rings (SSSR count). The van der Waals surface area contributed by atoms with Crippen molar-refractivity contribution in [2.45, 2.75) is 5.72 Å². The quantitative estimate of drug-likeness (QED) is 0.816. The normalized spacial score (nSPS) is 24.0. The average molecular weight is 376 g/mol. The van der Waals surface area contributed by atoms with Crippen molar-refractivity contribution in [2.75, 3.05) is 23.7 Å². The van der Waals surface area contributed by atoms with Crippen molar-refractivity contribution >= 4 is 38.5 Å². The highest BCUT2D eigenvalue weighted by Gasteiger charge is 2.54. The molecule has 112 valence electrons. The van der Waals surface area contributed by atoms with Crippen LogP contribution in [0.4, 0.5) is 5.69 Å². The Kier molecular flexibility index (Phi) is 3.51. The van der Waals surface area contributed by atoms with Gasteiger partial charge in [-0.25, -0.2) is 9.48 Å². The molecule has 0 aromatic heterocycles. The van der Waals surface area contributed by atoms with Crippen LogP contribution in [0.15, 0.2) is 59.1 Å². The van der Waals surface area contributed by atoms with Crippen LogP contribution in [0.2, 0.25) is 0 Å². The molecule has 2 aliphatic rings. The lowest BCUT2D eigenvalue weighted by atomic mass is 10.0. The zero-order valence-corrected chi connectivity index (χ0v) is 14.3. The molecule has 22 heavy (non-hydrogen) atoms. The summed E-state index contributed by atoms with van der Waals surface area (Å²) in [7, 11) is 0. The third kappa shape index (κ3) is 2.19. The van der Waals surface area contributed by atoms with E-state index in [1.165, 1.54) is 0 Å². The molecule has 2 aromatic carbocycles. The number of β-amino-alcohol motifs (C(OH)–C–C–N with tert-alkyl or cyclic N) is 1.